The van der Waals surface area contributed by atoms with Crippen LogP contribution in [0.4, 0.5) is 29.7 Å². The number of allylic oxidation sites excluding steroid dienone is 1. The molecule has 3 aromatic rings. The Hall–Kier alpha value is -4.38. The highest BCUT2D eigenvalue weighted by Crippen LogP contribution is 2.39. The molecular weight excluding hydrogens is 582 g/mol. The molecule has 2 bridgehead atoms. The minimum absolute atomic E-state index is 0.0215. The average Bonchev–Trinajstić information content (AvgIpc) is 2.98. The van der Waals surface area contributed by atoms with Gasteiger partial charge in [-0.15, -0.1) is 0 Å². The van der Waals surface area contributed by atoms with Crippen LogP contribution < -0.4 is 16.2 Å². The Balaban J connectivity index is 1.52. The van der Waals surface area contributed by atoms with Gasteiger partial charge in [0.15, 0.2) is 5.82 Å². The van der Waals surface area contributed by atoms with E-state index in [4.69, 9.17) is 21.1 Å². The van der Waals surface area contributed by atoms with Gasteiger partial charge in [0, 0.05) is 52.9 Å². The van der Waals surface area contributed by atoms with Gasteiger partial charge in [0.1, 0.15) is 11.9 Å². The van der Waals surface area contributed by atoms with Crippen LogP contribution in [-0.4, -0.2) is 35.7 Å². The van der Waals surface area contributed by atoms with Gasteiger partial charge in [0.25, 0.3) is 5.56 Å². The number of rotatable bonds is 3. The third-order valence-corrected chi connectivity index (χ3v) is 8.24. The third-order valence-electron chi connectivity index (χ3n) is 7.95. The maximum atomic E-state index is 14.7. The Labute approximate surface area is 251 Å². The molecule has 0 aliphatic carbocycles. The van der Waals surface area contributed by atoms with Gasteiger partial charge in [0.05, 0.1) is 23.7 Å². The smallest absolute Gasteiger partial charge is 0.411 e. The van der Waals surface area contributed by atoms with Crippen molar-refractivity contribution in [2.24, 2.45) is 5.92 Å². The number of halogens is 3. The fraction of sp³-hybridized carbons (Fsp3) is 0.323. The predicted octanol–water partition coefficient (Wildman–Crippen LogP) is 7.52. The molecule has 5 rings (SSSR count). The zero-order chi connectivity index (χ0) is 30.8. The van der Waals surface area contributed by atoms with Crippen molar-refractivity contribution in [3.8, 4) is 11.1 Å². The quantitative estimate of drug-likeness (QED) is 0.264. The van der Waals surface area contributed by atoms with Crippen molar-refractivity contribution in [3.63, 3.8) is 0 Å². The molecule has 0 saturated carbocycles. The fourth-order valence-corrected chi connectivity index (χ4v) is 5.70. The molecule has 43 heavy (non-hydrogen) atoms. The second-order valence-electron chi connectivity index (χ2n) is 10.7. The molecule has 2 aromatic carbocycles. The number of carbonyl (C=O) groups excluding carboxylic acids is 2. The number of aromatic amines is 1. The summed E-state index contributed by atoms with van der Waals surface area (Å²) in [5.74, 6) is -1.79. The lowest BCUT2D eigenvalue weighted by Crippen LogP contribution is -2.43. The summed E-state index contributed by atoms with van der Waals surface area (Å²) < 4.78 is 39.5. The Bertz CT molecular complexity index is 1640. The molecule has 12 heteroatoms. The number of nitrogens with one attached hydrogen (secondary N) is 3. The fourth-order valence-electron chi connectivity index (χ4n) is 5.54. The number of pyridine rings is 1. The van der Waals surface area contributed by atoms with Gasteiger partial charge in [-0.3, -0.25) is 10.1 Å². The molecule has 2 aliphatic heterocycles. The number of hydrogen-bond acceptors (Lipinski definition) is 6. The number of cyclic esters (lactones) is 1. The minimum Gasteiger partial charge on any atom is -0.453 e. The molecule has 1 unspecified atom stereocenters. The number of aromatic nitrogens is 1. The molecule has 9 nitrogen and oxygen atoms in total. The number of anilines is 2. The first-order valence-electron chi connectivity index (χ1n) is 13.9. The lowest BCUT2D eigenvalue weighted by molar-refractivity contribution is 0.00527. The SMILES string of the molecule is C=C1Nc2cc(NC(=O)OC)ccc2-c2c[nH]c(=O)c(c2)C(N2CC[C@H](c3c(F)ccc(Cl)c3F)OC2=O)CCC[C@H]1C. The van der Waals surface area contributed by atoms with Crippen LogP contribution in [0.15, 0.2) is 59.7 Å². The van der Waals surface area contributed by atoms with Crippen molar-refractivity contribution < 1.29 is 27.8 Å². The molecule has 0 spiro atoms. The number of H-pyrrole nitrogens is 1. The first kappa shape index (κ1) is 30.1. The van der Waals surface area contributed by atoms with Gasteiger partial charge in [-0.05, 0) is 49.1 Å². The number of fused-ring (bicyclic) bond motifs is 4. The van der Waals surface area contributed by atoms with Crippen LogP contribution in [0.5, 0.6) is 0 Å². The molecule has 1 aromatic heterocycles. The van der Waals surface area contributed by atoms with Crippen LogP contribution in [0.2, 0.25) is 5.02 Å². The maximum absolute atomic E-state index is 14.7. The van der Waals surface area contributed by atoms with E-state index in [-0.39, 0.29) is 29.5 Å². The van der Waals surface area contributed by atoms with E-state index in [2.05, 4.69) is 22.2 Å². The van der Waals surface area contributed by atoms with Crippen LogP contribution in [0.1, 0.15) is 55.9 Å². The summed E-state index contributed by atoms with van der Waals surface area (Å²) in [5, 5.41) is 5.75. The van der Waals surface area contributed by atoms with Crippen molar-refractivity contribution in [2.75, 3.05) is 24.3 Å². The summed E-state index contributed by atoms with van der Waals surface area (Å²) in [6, 6.07) is 8.44. The average molecular weight is 613 g/mol. The first-order chi connectivity index (χ1) is 20.6. The summed E-state index contributed by atoms with van der Waals surface area (Å²) in [5.41, 5.74) is 2.85. The Morgan fingerprint density at radius 2 is 1.95 bits per heavy atom. The highest BCUT2D eigenvalue weighted by molar-refractivity contribution is 6.30. The lowest BCUT2D eigenvalue weighted by atomic mass is 9.92. The topological polar surface area (TPSA) is 113 Å². The summed E-state index contributed by atoms with van der Waals surface area (Å²) in [6.45, 7) is 6.34. The molecule has 1 fully saturated rings. The van der Waals surface area contributed by atoms with Crippen molar-refractivity contribution in [1.29, 1.82) is 0 Å². The third kappa shape index (κ3) is 6.22. The van der Waals surface area contributed by atoms with E-state index < -0.39 is 41.5 Å². The second kappa shape index (κ2) is 12.5. The van der Waals surface area contributed by atoms with Crippen molar-refractivity contribution in [3.05, 3.63) is 93.0 Å². The molecule has 0 radical (unpaired) electrons. The first-order valence-corrected chi connectivity index (χ1v) is 14.2. The maximum Gasteiger partial charge on any atom is 0.411 e. The number of methoxy groups -OCH3 is 1. The number of nitrogens with zero attached hydrogens (tertiary/aromatic N) is 1. The van der Waals surface area contributed by atoms with E-state index in [9.17, 15) is 23.2 Å². The number of ether oxygens (including phenoxy) is 2. The minimum atomic E-state index is -1.16. The molecule has 2 amide bonds. The standard InChI is InChI=1S/C31H31ClF2N4O5/c1-16-5-4-6-25(38-12-11-26(43-31(38)41)27-23(33)10-9-22(32)28(27)34)21-13-18(15-35-29(21)39)20-8-7-19(37-30(40)42-3)14-24(20)36-17(16)2/h7-10,13-16,25-26,36H,2,4-6,11-12H2,1,3H3,(H,35,39)(H,37,40)/t16-,25?,26-/m1/s1. The molecule has 1 saturated heterocycles. The van der Waals surface area contributed by atoms with Gasteiger partial charge in [-0.1, -0.05) is 37.6 Å². The van der Waals surface area contributed by atoms with E-state index in [0.29, 0.717) is 47.3 Å². The van der Waals surface area contributed by atoms with E-state index in [1.165, 1.54) is 12.0 Å². The lowest BCUT2D eigenvalue weighted by Gasteiger charge is -2.37. The summed E-state index contributed by atoms with van der Waals surface area (Å²) in [7, 11) is 1.27. The van der Waals surface area contributed by atoms with Gasteiger partial charge in [-0.25, -0.2) is 18.4 Å². The highest BCUT2D eigenvalue weighted by Gasteiger charge is 2.37. The zero-order valence-electron chi connectivity index (χ0n) is 23.6. The normalized spacial score (nSPS) is 20.6. The second-order valence-corrected chi connectivity index (χ2v) is 11.1. The van der Waals surface area contributed by atoms with Gasteiger partial charge in [0.2, 0.25) is 0 Å². The Morgan fingerprint density at radius 1 is 1.16 bits per heavy atom. The molecule has 3 heterocycles. The van der Waals surface area contributed by atoms with Crippen LogP contribution in [0.3, 0.4) is 0 Å². The molecule has 3 N–H and O–H groups in total. The largest absolute Gasteiger partial charge is 0.453 e. The molecular formula is C31H31ClF2N4O5. The monoisotopic (exact) mass is 612 g/mol. The van der Waals surface area contributed by atoms with E-state index in [0.717, 1.165) is 17.8 Å². The zero-order valence-corrected chi connectivity index (χ0v) is 24.4. The summed E-state index contributed by atoms with van der Waals surface area (Å²) in [4.78, 5) is 42.7. The number of amides is 2. The molecule has 226 valence electrons. The summed E-state index contributed by atoms with van der Waals surface area (Å²) in [6.07, 6.45) is 0.887. The van der Waals surface area contributed by atoms with E-state index in [1.807, 2.05) is 6.92 Å². The van der Waals surface area contributed by atoms with Crippen molar-refractivity contribution in [2.45, 2.75) is 44.8 Å². The van der Waals surface area contributed by atoms with Crippen LogP contribution in [0.25, 0.3) is 11.1 Å². The number of benzene rings is 2. The summed E-state index contributed by atoms with van der Waals surface area (Å²) >= 11 is 5.86. The predicted molar refractivity (Wildman–Crippen MR) is 159 cm³/mol. The van der Waals surface area contributed by atoms with Gasteiger partial charge >= 0.3 is 12.2 Å². The Kier molecular flexibility index (Phi) is 8.72. The van der Waals surface area contributed by atoms with Crippen LogP contribution in [-0.2, 0) is 9.47 Å². The number of hydrogen-bond donors (Lipinski definition) is 3. The van der Waals surface area contributed by atoms with E-state index >= 15 is 0 Å². The molecule has 2 aliphatic rings. The van der Waals surface area contributed by atoms with Crippen molar-refractivity contribution >= 4 is 35.2 Å². The van der Waals surface area contributed by atoms with E-state index in [1.54, 1.807) is 30.5 Å². The molecule has 3 atom stereocenters. The number of carbonyl (C=O) groups is 2. The van der Waals surface area contributed by atoms with Gasteiger partial charge in [-0.2, -0.15) is 0 Å². The van der Waals surface area contributed by atoms with Crippen LogP contribution >= 0.6 is 11.6 Å². The Morgan fingerprint density at radius 3 is 2.70 bits per heavy atom. The van der Waals surface area contributed by atoms with Gasteiger partial charge < -0.3 is 24.7 Å². The highest BCUT2D eigenvalue weighted by atomic mass is 35.5. The van der Waals surface area contributed by atoms with Crippen molar-refractivity contribution in [1.82, 2.24) is 9.88 Å². The van der Waals surface area contributed by atoms with Crippen LogP contribution in [0, 0.1) is 17.6 Å².